The normalized spacial score (nSPS) is 16.0. The summed E-state index contributed by atoms with van der Waals surface area (Å²) < 4.78 is 4.96. The molecule has 4 heteroatoms. The molecule has 1 saturated heterocycles. The average Bonchev–Trinajstić information content (AvgIpc) is 2.30. The van der Waals surface area contributed by atoms with Crippen molar-refractivity contribution in [1.29, 1.82) is 0 Å². The van der Waals surface area contributed by atoms with Gasteiger partial charge in [0.25, 0.3) is 0 Å². The van der Waals surface area contributed by atoms with Crippen LogP contribution in [0.25, 0.3) is 0 Å². The van der Waals surface area contributed by atoms with E-state index in [1.165, 1.54) is 5.56 Å². The Balaban J connectivity index is 1.86. The van der Waals surface area contributed by atoms with E-state index < -0.39 is 0 Å². The van der Waals surface area contributed by atoms with Crippen LogP contribution in [-0.4, -0.2) is 30.7 Å². The maximum absolute atomic E-state index is 11.4. The van der Waals surface area contributed by atoms with E-state index in [0.717, 1.165) is 25.1 Å². The molecule has 2 N–H and O–H groups in total. The molecule has 4 nitrogen and oxygen atoms in total. The number of carbonyl (C=O) groups is 1. The number of cyclic esters (lactones) is 1. The molecule has 0 atom stereocenters. The van der Waals surface area contributed by atoms with Crippen LogP contribution in [0.5, 0.6) is 0 Å². The Morgan fingerprint density at radius 1 is 1.31 bits per heavy atom. The van der Waals surface area contributed by atoms with Crippen LogP contribution < -0.4 is 5.73 Å². The first-order valence-corrected chi connectivity index (χ1v) is 5.52. The molecule has 2 rings (SSSR count). The van der Waals surface area contributed by atoms with Crippen molar-refractivity contribution in [3.05, 3.63) is 29.8 Å². The van der Waals surface area contributed by atoms with Gasteiger partial charge in [0.05, 0.1) is 6.61 Å². The first kappa shape index (κ1) is 10.8. The lowest BCUT2D eigenvalue weighted by Gasteiger charge is -2.26. The van der Waals surface area contributed by atoms with Gasteiger partial charge in [-0.3, -0.25) is 0 Å². The first-order valence-electron chi connectivity index (χ1n) is 5.52. The van der Waals surface area contributed by atoms with Crippen molar-refractivity contribution < 1.29 is 9.53 Å². The van der Waals surface area contributed by atoms with Gasteiger partial charge in [-0.15, -0.1) is 0 Å². The summed E-state index contributed by atoms with van der Waals surface area (Å²) in [6.07, 6.45) is 1.57. The molecule has 0 unspecified atom stereocenters. The second-order valence-corrected chi connectivity index (χ2v) is 3.95. The molecule has 1 aromatic rings. The third kappa shape index (κ3) is 2.66. The Morgan fingerprint density at radius 3 is 2.75 bits per heavy atom. The number of hydrogen-bond donors (Lipinski definition) is 1. The summed E-state index contributed by atoms with van der Waals surface area (Å²) in [5.41, 5.74) is 7.56. The fraction of sp³-hybridized carbons (Fsp3) is 0.417. The van der Waals surface area contributed by atoms with Crippen LogP contribution in [-0.2, 0) is 11.2 Å². The average molecular weight is 220 g/mol. The van der Waals surface area contributed by atoms with Crippen LogP contribution in [0.15, 0.2) is 24.3 Å². The van der Waals surface area contributed by atoms with Crippen molar-refractivity contribution in [2.45, 2.75) is 12.8 Å². The minimum Gasteiger partial charge on any atom is -0.449 e. The summed E-state index contributed by atoms with van der Waals surface area (Å²) >= 11 is 0. The van der Waals surface area contributed by atoms with Gasteiger partial charge in [0, 0.05) is 18.8 Å². The Kier molecular flexibility index (Phi) is 3.29. The molecule has 1 amide bonds. The van der Waals surface area contributed by atoms with Crippen molar-refractivity contribution in [1.82, 2.24) is 4.90 Å². The number of ether oxygens (including phenoxy) is 1. The van der Waals surface area contributed by atoms with E-state index in [1.807, 2.05) is 24.3 Å². The maximum atomic E-state index is 11.4. The molecular formula is C12H16N2O2. The standard InChI is InChI=1S/C12H16N2O2/c13-11-4-2-10(3-5-11)6-8-14-7-1-9-16-12(14)15/h2-5H,1,6-9,13H2. The molecule has 1 heterocycles. The van der Waals surface area contributed by atoms with Gasteiger partial charge >= 0.3 is 6.09 Å². The highest BCUT2D eigenvalue weighted by Gasteiger charge is 2.18. The van der Waals surface area contributed by atoms with Gasteiger partial charge < -0.3 is 15.4 Å². The Bertz CT molecular complexity index is 362. The van der Waals surface area contributed by atoms with Crippen LogP contribution >= 0.6 is 0 Å². The number of nitrogens with two attached hydrogens (primary N) is 1. The Labute approximate surface area is 95.0 Å². The Morgan fingerprint density at radius 2 is 2.06 bits per heavy atom. The smallest absolute Gasteiger partial charge is 0.409 e. The summed E-state index contributed by atoms with van der Waals surface area (Å²) in [5, 5.41) is 0. The van der Waals surface area contributed by atoms with E-state index in [9.17, 15) is 4.79 Å². The minimum absolute atomic E-state index is 0.193. The molecule has 1 aromatic carbocycles. The summed E-state index contributed by atoms with van der Waals surface area (Å²) in [6, 6.07) is 7.74. The number of nitrogens with zero attached hydrogens (tertiary/aromatic N) is 1. The van der Waals surface area contributed by atoms with Crippen LogP contribution in [0.2, 0.25) is 0 Å². The molecule has 1 aliphatic rings. The maximum Gasteiger partial charge on any atom is 0.409 e. The van der Waals surface area contributed by atoms with E-state index in [0.29, 0.717) is 13.2 Å². The number of amides is 1. The lowest BCUT2D eigenvalue weighted by molar-refractivity contribution is 0.0735. The second kappa shape index (κ2) is 4.88. The van der Waals surface area contributed by atoms with E-state index in [4.69, 9.17) is 10.5 Å². The van der Waals surface area contributed by atoms with Gasteiger partial charge in [0.2, 0.25) is 0 Å². The predicted octanol–water partition coefficient (Wildman–Crippen LogP) is 1.65. The Hall–Kier alpha value is -1.71. The van der Waals surface area contributed by atoms with Crippen molar-refractivity contribution in [3.63, 3.8) is 0 Å². The van der Waals surface area contributed by atoms with Gasteiger partial charge in [-0.25, -0.2) is 4.79 Å². The molecule has 1 aliphatic heterocycles. The van der Waals surface area contributed by atoms with Gasteiger partial charge in [-0.1, -0.05) is 12.1 Å². The number of hydrogen-bond acceptors (Lipinski definition) is 3. The molecule has 0 saturated carbocycles. The molecule has 16 heavy (non-hydrogen) atoms. The second-order valence-electron chi connectivity index (χ2n) is 3.95. The SMILES string of the molecule is Nc1ccc(CCN2CCCOC2=O)cc1. The largest absolute Gasteiger partial charge is 0.449 e. The zero-order chi connectivity index (χ0) is 11.4. The molecule has 1 fully saturated rings. The van der Waals surface area contributed by atoms with E-state index in [-0.39, 0.29) is 6.09 Å². The number of rotatable bonds is 3. The monoisotopic (exact) mass is 220 g/mol. The highest BCUT2D eigenvalue weighted by Crippen LogP contribution is 2.09. The molecular weight excluding hydrogens is 204 g/mol. The zero-order valence-electron chi connectivity index (χ0n) is 9.19. The van der Waals surface area contributed by atoms with Crippen LogP contribution in [0.1, 0.15) is 12.0 Å². The van der Waals surface area contributed by atoms with E-state index in [2.05, 4.69) is 0 Å². The summed E-state index contributed by atoms with van der Waals surface area (Å²) in [6.45, 7) is 2.06. The zero-order valence-corrected chi connectivity index (χ0v) is 9.19. The highest BCUT2D eigenvalue weighted by atomic mass is 16.6. The van der Waals surface area contributed by atoms with Crippen LogP contribution in [0.4, 0.5) is 10.5 Å². The predicted molar refractivity (Wildman–Crippen MR) is 62.1 cm³/mol. The van der Waals surface area contributed by atoms with Crippen LogP contribution in [0, 0.1) is 0 Å². The molecule has 0 bridgehead atoms. The summed E-state index contributed by atoms with van der Waals surface area (Å²) in [5.74, 6) is 0. The minimum atomic E-state index is -0.193. The lowest BCUT2D eigenvalue weighted by atomic mass is 10.1. The lowest BCUT2D eigenvalue weighted by Crippen LogP contribution is -2.38. The number of nitrogen functional groups attached to an aromatic ring is 1. The third-order valence-electron chi connectivity index (χ3n) is 2.71. The molecule has 86 valence electrons. The van der Waals surface area contributed by atoms with Crippen molar-refractivity contribution in [2.75, 3.05) is 25.4 Å². The van der Waals surface area contributed by atoms with Crippen LogP contribution in [0.3, 0.4) is 0 Å². The first-order chi connectivity index (χ1) is 7.75. The number of carbonyl (C=O) groups excluding carboxylic acids is 1. The van der Waals surface area contributed by atoms with Gasteiger partial charge in [-0.2, -0.15) is 0 Å². The fourth-order valence-electron chi connectivity index (χ4n) is 1.75. The van der Waals surface area contributed by atoms with E-state index >= 15 is 0 Å². The van der Waals surface area contributed by atoms with Crippen molar-refractivity contribution in [2.24, 2.45) is 0 Å². The molecule has 0 radical (unpaired) electrons. The molecule has 0 aliphatic carbocycles. The van der Waals surface area contributed by atoms with E-state index in [1.54, 1.807) is 4.90 Å². The third-order valence-corrected chi connectivity index (χ3v) is 2.71. The van der Waals surface area contributed by atoms with Gasteiger partial charge in [0.1, 0.15) is 0 Å². The highest BCUT2D eigenvalue weighted by molar-refractivity contribution is 5.68. The van der Waals surface area contributed by atoms with Gasteiger partial charge in [-0.05, 0) is 30.5 Å². The van der Waals surface area contributed by atoms with Crippen molar-refractivity contribution >= 4 is 11.8 Å². The molecule has 0 spiro atoms. The number of benzene rings is 1. The molecule has 0 aromatic heterocycles. The van der Waals surface area contributed by atoms with Crippen molar-refractivity contribution in [3.8, 4) is 0 Å². The topological polar surface area (TPSA) is 55.6 Å². The van der Waals surface area contributed by atoms with Gasteiger partial charge in [0.15, 0.2) is 0 Å². The quantitative estimate of drug-likeness (QED) is 0.788. The summed E-state index contributed by atoms with van der Waals surface area (Å²) in [4.78, 5) is 13.1. The summed E-state index contributed by atoms with van der Waals surface area (Å²) in [7, 11) is 0. The number of anilines is 1. The fourth-order valence-corrected chi connectivity index (χ4v) is 1.75.